The highest BCUT2D eigenvalue weighted by Gasteiger charge is 2.24. The van der Waals surface area contributed by atoms with Gasteiger partial charge in [-0.1, -0.05) is 39.8 Å². The van der Waals surface area contributed by atoms with Crippen LogP contribution in [0.5, 0.6) is 11.5 Å². The van der Waals surface area contributed by atoms with Gasteiger partial charge in [0, 0.05) is 11.1 Å². The Labute approximate surface area is 154 Å². The predicted octanol–water partition coefficient (Wildman–Crippen LogP) is 6.71. The molecule has 3 heteroatoms. The summed E-state index contributed by atoms with van der Waals surface area (Å²) < 4.78 is 5.78. The highest BCUT2D eigenvalue weighted by atomic mass is 31.0. The van der Waals surface area contributed by atoms with Gasteiger partial charge in [0.15, 0.2) is 0 Å². The second-order valence-electron chi connectivity index (χ2n) is 7.67. The van der Waals surface area contributed by atoms with Crippen LogP contribution in [0.3, 0.4) is 0 Å². The van der Waals surface area contributed by atoms with Crippen LogP contribution in [-0.4, -0.2) is 5.11 Å². The van der Waals surface area contributed by atoms with Crippen LogP contribution in [0.2, 0.25) is 0 Å². The van der Waals surface area contributed by atoms with Gasteiger partial charge in [0.25, 0.3) is 0 Å². The van der Waals surface area contributed by atoms with E-state index in [1.807, 2.05) is 0 Å². The minimum Gasteiger partial charge on any atom is -0.507 e. The van der Waals surface area contributed by atoms with E-state index >= 15 is 0 Å². The normalized spacial score (nSPS) is 11.5. The molecule has 2 aromatic rings. The number of aromatic hydroxyl groups is 1. The van der Waals surface area contributed by atoms with Crippen molar-refractivity contribution in [1.82, 2.24) is 0 Å². The molecule has 2 nitrogen and oxygen atoms in total. The Balaban J connectivity index is 3.01. The number of phenolic OH excluding ortho intramolecular Hbond substituents is 1. The molecule has 0 aliphatic rings. The lowest BCUT2D eigenvalue weighted by Gasteiger charge is -2.24. The van der Waals surface area contributed by atoms with Crippen molar-refractivity contribution >= 4 is 9.47 Å². The molecule has 0 aliphatic carbocycles. The minimum atomic E-state index is 0.258. The third-order valence-electron chi connectivity index (χ3n) is 5.29. The number of hydrogen-bond donors (Lipinski definition) is 1. The first-order valence-corrected chi connectivity index (χ1v) is 9.43. The SMILES string of the molecule is Cc1cc(C(C)C)c(O)c(-c2c(C)c(C)cc(C(C)C)c2OP)c1C. The van der Waals surface area contributed by atoms with Crippen LogP contribution in [0.15, 0.2) is 12.1 Å². The zero-order valence-corrected chi connectivity index (χ0v) is 17.9. The van der Waals surface area contributed by atoms with Crippen molar-refractivity contribution in [3.8, 4) is 22.6 Å². The van der Waals surface area contributed by atoms with Crippen molar-refractivity contribution in [3.63, 3.8) is 0 Å². The molecule has 0 heterocycles. The molecule has 0 aliphatic heterocycles. The van der Waals surface area contributed by atoms with E-state index in [9.17, 15) is 5.11 Å². The summed E-state index contributed by atoms with van der Waals surface area (Å²) in [5, 5.41) is 11.1. The van der Waals surface area contributed by atoms with E-state index in [-0.39, 0.29) is 5.92 Å². The molecule has 136 valence electrons. The largest absolute Gasteiger partial charge is 0.507 e. The Morgan fingerprint density at radius 1 is 0.800 bits per heavy atom. The summed E-state index contributed by atoms with van der Waals surface area (Å²) >= 11 is 0. The number of benzene rings is 2. The first-order chi connectivity index (χ1) is 11.6. The summed E-state index contributed by atoms with van der Waals surface area (Å²) in [7, 11) is 2.39. The molecule has 0 saturated carbocycles. The highest BCUT2D eigenvalue weighted by molar-refractivity contribution is 7.10. The van der Waals surface area contributed by atoms with Gasteiger partial charge in [-0.2, -0.15) is 0 Å². The maximum absolute atomic E-state index is 11.1. The van der Waals surface area contributed by atoms with E-state index in [1.54, 1.807) is 0 Å². The molecule has 0 saturated heterocycles. The third-order valence-corrected chi connectivity index (χ3v) is 5.52. The fourth-order valence-electron chi connectivity index (χ4n) is 3.45. The maximum atomic E-state index is 11.1. The molecule has 1 N–H and O–H groups in total. The zero-order chi connectivity index (χ0) is 19.0. The van der Waals surface area contributed by atoms with E-state index in [0.717, 1.165) is 33.6 Å². The standard InChI is InChI=1S/C22H31O2P/c1-11(2)17-9-13(5)15(7)19(21(17)23)20-16(8)14(6)10-18(12(3)4)22(20)24-25/h9-12,23H,25H2,1-8H3. The van der Waals surface area contributed by atoms with Gasteiger partial charge in [-0.3, -0.25) is 0 Å². The van der Waals surface area contributed by atoms with Gasteiger partial charge >= 0.3 is 0 Å². The lowest BCUT2D eigenvalue weighted by Crippen LogP contribution is -2.02. The molecular formula is C22H31O2P. The summed E-state index contributed by atoms with van der Waals surface area (Å²) in [6.45, 7) is 17.0. The maximum Gasteiger partial charge on any atom is 0.134 e. The summed E-state index contributed by atoms with van der Waals surface area (Å²) in [6, 6.07) is 4.31. The van der Waals surface area contributed by atoms with Crippen LogP contribution in [0.1, 0.15) is 72.9 Å². The van der Waals surface area contributed by atoms with Gasteiger partial charge < -0.3 is 9.63 Å². The molecule has 1 atom stereocenters. The Bertz CT molecular complexity index is 805. The Hall–Kier alpha value is -1.53. The van der Waals surface area contributed by atoms with Crippen LogP contribution < -0.4 is 4.52 Å². The summed E-state index contributed by atoms with van der Waals surface area (Å²) in [6.07, 6.45) is 0. The van der Waals surface area contributed by atoms with Crippen molar-refractivity contribution < 1.29 is 9.63 Å². The van der Waals surface area contributed by atoms with Crippen molar-refractivity contribution in [1.29, 1.82) is 0 Å². The minimum absolute atomic E-state index is 0.258. The average molecular weight is 358 g/mol. The van der Waals surface area contributed by atoms with E-state index in [4.69, 9.17) is 4.52 Å². The molecule has 0 amide bonds. The van der Waals surface area contributed by atoms with Gasteiger partial charge in [0.1, 0.15) is 11.5 Å². The van der Waals surface area contributed by atoms with Gasteiger partial charge in [-0.15, -0.1) is 0 Å². The molecule has 2 aromatic carbocycles. The van der Waals surface area contributed by atoms with Crippen LogP contribution in [-0.2, 0) is 0 Å². The molecule has 2 rings (SSSR count). The predicted molar refractivity (Wildman–Crippen MR) is 111 cm³/mol. The fourth-order valence-corrected chi connectivity index (χ4v) is 3.70. The van der Waals surface area contributed by atoms with E-state index in [0.29, 0.717) is 11.7 Å². The topological polar surface area (TPSA) is 29.5 Å². The van der Waals surface area contributed by atoms with Crippen LogP contribution in [0.25, 0.3) is 11.1 Å². The van der Waals surface area contributed by atoms with Crippen molar-refractivity contribution in [3.05, 3.63) is 45.5 Å². The monoisotopic (exact) mass is 358 g/mol. The van der Waals surface area contributed by atoms with Gasteiger partial charge in [-0.25, -0.2) is 0 Å². The first kappa shape index (κ1) is 19.8. The number of hydrogen-bond acceptors (Lipinski definition) is 2. The number of aryl methyl sites for hydroxylation is 2. The molecule has 0 aromatic heterocycles. The Morgan fingerprint density at radius 2 is 1.24 bits per heavy atom. The molecule has 25 heavy (non-hydrogen) atoms. The van der Waals surface area contributed by atoms with Gasteiger partial charge in [-0.05, 0) is 72.9 Å². The molecule has 0 bridgehead atoms. The summed E-state index contributed by atoms with van der Waals surface area (Å²) in [5.41, 5.74) is 8.74. The number of phenols is 1. The fraction of sp³-hybridized carbons (Fsp3) is 0.455. The molecule has 1 unspecified atom stereocenters. The quantitative estimate of drug-likeness (QED) is 0.616. The summed E-state index contributed by atoms with van der Waals surface area (Å²) in [5.74, 6) is 1.82. The van der Waals surface area contributed by atoms with E-state index < -0.39 is 0 Å². The first-order valence-electron chi connectivity index (χ1n) is 8.95. The summed E-state index contributed by atoms with van der Waals surface area (Å²) in [4.78, 5) is 0. The second kappa shape index (κ2) is 7.38. The Morgan fingerprint density at radius 3 is 1.68 bits per heavy atom. The zero-order valence-electron chi connectivity index (χ0n) is 16.7. The smallest absolute Gasteiger partial charge is 0.134 e. The van der Waals surface area contributed by atoms with Crippen LogP contribution in [0, 0.1) is 27.7 Å². The van der Waals surface area contributed by atoms with Gasteiger partial charge in [0.2, 0.25) is 0 Å². The van der Waals surface area contributed by atoms with Crippen molar-refractivity contribution in [2.45, 2.75) is 67.2 Å². The van der Waals surface area contributed by atoms with E-state index in [1.165, 1.54) is 16.7 Å². The molecule has 0 spiro atoms. The average Bonchev–Trinajstić information content (AvgIpc) is 2.54. The lowest BCUT2D eigenvalue weighted by molar-refractivity contribution is 0.466. The molecular weight excluding hydrogens is 327 g/mol. The molecule has 0 radical (unpaired) electrons. The van der Waals surface area contributed by atoms with E-state index in [2.05, 4.69) is 77.0 Å². The second-order valence-corrected chi connectivity index (χ2v) is 7.91. The van der Waals surface area contributed by atoms with Gasteiger partial charge in [0.05, 0.1) is 9.47 Å². The molecule has 0 fully saturated rings. The Kier molecular flexibility index (Phi) is 5.84. The van der Waals surface area contributed by atoms with Crippen molar-refractivity contribution in [2.24, 2.45) is 0 Å². The van der Waals surface area contributed by atoms with Crippen LogP contribution in [0.4, 0.5) is 0 Å². The lowest BCUT2D eigenvalue weighted by atomic mass is 9.84. The third kappa shape index (κ3) is 3.42. The highest BCUT2D eigenvalue weighted by Crippen LogP contribution is 2.48. The van der Waals surface area contributed by atoms with Crippen LogP contribution >= 0.6 is 9.47 Å². The van der Waals surface area contributed by atoms with Crippen molar-refractivity contribution in [2.75, 3.05) is 0 Å². The number of rotatable bonds is 4.